The van der Waals surface area contributed by atoms with Crippen LogP contribution in [0.15, 0.2) is 23.0 Å². The van der Waals surface area contributed by atoms with Gasteiger partial charge in [-0.2, -0.15) is 28.1 Å². The number of hydrogen-bond acceptors (Lipinski definition) is 8. The fraction of sp³-hybridized carbons (Fsp3) is 0.435. The van der Waals surface area contributed by atoms with Gasteiger partial charge in [0.05, 0.1) is 29.8 Å². The first-order valence-corrected chi connectivity index (χ1v) is 11.3. The normalized spacial score (nSPS) is 18.9. The molecule has 1 saturated carbocycles. The third-order valence-electron chi connectivity index (χ3n) is 6.47. The van der Waals surface area contributed by atoms with E-state index < -0.39 is 28.9 Å². The molecule has 1 aliphatic carbocycles. The number of halogens is 3. The Morgan fingerprint density at radius 3 is 2.64 bits per heavy atom. The Morgan fingerprint density at radius 2 is 2.00 bits per heavy atom. The van der Waals surface area contributed by atoms with Crippen molar-refractivity contribution in [2.45, 2.75) is 50.9 Å². The van der Waals surface area contributed by atoms with E-state index in [1.807, 2.05) is 6.92 Å². The van der Waals surface area contributed by atoms with Crippen LogP contribution in [0.2, 0.25) is 0 Å². The average Bonchev–Trinajstić information content (AvgIpc) is 3.48. The van der Waals surface area contributed by atoms with Crippen molar-refractivity contribution >= 4 is 28.9 Å². The van der Waals surface area contributed by atoms with Gasteiger partial charge in [0.2, 0.25) is 11.9 Å². The fourth-order valence-electron chi connectivity index (χ4n) is 4.42. The SMILES string of the molecule is CC[C@H]1COC(=O)N1c1nc(C)nc(NC2(c3cc4cc(C(F)(F)F)c(OC)cc4[nH]c3=O)CC2)n1.[HH].[HH]. The van der Waals surface area contributed by atoms with Crippen molar-refractivity contribution in [3.8, 4) is 5.75 Å². The predicted molar refractivity (Wildman–Crippen MR) is 127 cm³/mol. The number of ether oxygens (including phenoxy) is 2. The molecule has 36 heavy (non-hydrogen) atoms. The molecule has 13 heteroatoms. The summed E-state index contributed by atoms with van der Waals surface area (Å²) in [6.45, 7) is 3.79. The summed E-state index contributed by atoms with van der Waals surface area (Å²) in [7, 11) is 1.14. The zero-order chi connectivity index (χ0) is 25.8. The first-order valence-electron chi connectivity index (χ1n) is 11.3. The molecule has 2 aromatic heterocycles. The number of rotatable bonds is 6. The molecule has 10 nitrogen and oxygen atoms in total. The lowest BCUT2D eigenvalue weighted by Gasteiger charge is -2.21. The van der Waals surface area contributed by atoms with Crippen LogP contribution in [0.3, 0.4) is 0 Å². The Kier molecular flexibility index (Phi) is 5.52. The molecule has 2 fully saturated rings. The summed E-state index contributed by atoms with van der Waals surface area (Å²) in [5.74, 6) is 0.248. The molecule has 1 saturated heterocycles. The quantitative estimate of drug-likeness (QED) is 0.503. The number of nitrogens with zero attached hydrogens (tertiary/aromatic N) is 4. The number of carbonyl (C=O) groups excluding carboxylic acids is 1. The Balaban J connectivity index is 0.00000200. The highest BCUT2D eigenvalue weighted by molar-refractivity contribution is 5.88. The number of nitrogens with one attached hydrogen (secondary N) is 2. The third-order valence-corrected chi connectivity index (χ3v) is 6.47. The molecule has 194 valence electrons. The largest absolute Gasteiger partial charge is 0.496 e. The number of carbonyl (C=O) groups is 1. The van der Waals surface area contributed by atoms with Crippen molar-refractivity contribution in [1.82, 2.24) is 19.9 Å². The van der Waals surface area contributed by atoms with Gasteiger partial charge < -0.3 is 19.8 Å². The zero-order valence-corrected chi connectivity index (χ0v) is 19.7. The number of aromatic nitrogens is 4. The van der Waals surface area contributed by atoms with Crippen molar-refractivity contribution in [2.24, 2.45) is 0 Å². The number of H-pyrrole nitrogens is 1. The highest BCUT2D eigenvalue weighted by Crippen LogP contribution is 2.47. The summed E-state index contributed by atoms with van der Waals surface area (Å²) in [5.41, 5.74) is -1.77. The standard InChI is InChI=1S/C23H23F3N6O4.2H2/c1-4-13-10-36-21(34)32(13)20-28-11(2)27-19(30-20)31-22(5-6-22)15-8-12-7-14(23(24,25)26)17(35-3)9-16(12)29-18(15)33;;/h7-9,13H,4-6,10H2,1-3H3,(H,29,33)(H,27,28,30,31);2*1H/t13-;;/m0../s1. The minimum atomic E-state index is -4.63. The van der Waals surface area contributed by atoms with Gasteiger partial charge >= 0.3 is 12.3 Å². The highest BCUT2D eigenvalue weighted by atomic mass is 19.4. The van der Waals surface area contributed by atoms with Gasteiger partial charge in [0, 0.05) is 14.5 Å². The number of hydrogen-bond donors (Lipinski definition) is 2. The summed E-state index contributed by atoms with van der Waals surface area (Å²) >= 11 is 0. The van der Waals surface area contributed by atoms with Gasteiger partial charge in [-0.1, -0.05) is 6.92 Å². The molecule has 1 aliphatic heterocycles. The second-order valence-electron chi connectivity index (χ2n) is 8.87. The third kappa shape index (κ3) is 4.07. The van der Waals surface area contributed by atoms with Crippen LogP contribution in [0.1, 0.15) is 46.0 Å². The summed E-state index contributed by atoms with van der Waals surface area (Å²) in [5, 5.41) is 3.38. The van der Waals surface area contributed by atoms with E-state index in [1.54, 1.807) is 6.92 Å². The molecule has 3 aromatic rings. The first kappa shape index (κ1) is 23.8. The lowest BCUT2D eigenvalue weighted by atomic mass is 10.0. The van der Waals surface area contributed by atoms with E-state index in [0.29, 0.717) is 25.1 Å². The van der Waals surface area contributed by atoms with Gasteiger partial charge in [-0.25, -0.2) is 9.69 Å². The molecule has 0 radical (unpaired) electrons. The van der Waals surface area contributed by atoms with Crippen LogP contribution >= 0.6 is 0 Å². The number of amides is 1. The van der Waals surface area contributed by atoms with Crippen LogP contribution in [0.4, 0.5) is 29.9 Å². The molecule has 0 unspecified atom stereocenters. The van der Waals surface area contributed by atoms with E-state index in [9.17, 15) is 22.8 Å². The molecule has 3 heterocycles. The predicted octanol–water partition coefficient (Wildman–Crippen LogP) is 4.38. The average molecular weight is 509 g/mol. The number of anilines is 2. The van der Waals surface area contributed by atoms with Gasteiger partial charge in [-0.15, -0.1) is 0 Å². The van der Waals surface area contributed by atoms with Crippen LogP contribution in [0.5, 0.6) is 5.75 Å². The molecule has 1 amide bonds. The number of methoxy groups -OCH3 is 1. The van der Waals surface area contributed by atoms with E-state index in [4.69, 9.17) is 9.47 Å². The molecule has 5 rings (SSSR count). The van der Waals surface area contributed by atoms with Crippen molar-refractivity contribution < 1.29 is 30.3 Å². The fourth-order valence-corrected chi connectivity index (χ4v) is 4.42. The minimum absolute atomic E-state index is 0. The van der Waals surface area contributed by atoms with Gasteiger partial charge in [0.25, 0.3) is 5.56 Å². The van der Waals surface area contributed by atoms with Gasteiger partial charge in [-0.05, 0) is 43.7 Å². The second-order valence-corrected chi connectivity index (χ2v) is 8.87. The second kappa shape index (κ2) is 8.35. The number of pyridine rings is 1. The van der Waals surface area contributed by atoms with Gasteiger partial charge in [0.15, 0.2) is 0 Å². The van der Waals surface area contributed by atoms with Crippen molar-refractivity contribution in [3.05, 3.63) is 45.5 Å². The summed E-state index contributed by atoms with van der Waals surface area (Å²) in [4.78, 5) is 42.2. The van der Waals surface area contributed by atoms with E-state index >= 15 is 0 Å². The van der Waals surface area contributed by atoms with Gasteiger partial charge in [-0.3, -0.25) is 4.79 Å². The maximum atomic E-state index is 13.5. The zero-order valence-electron chi connectivity index (χ0n) is 19.7. The number of alkyl halides is 3. The van der Waals surface area contributed by atoms with E-state index in [2.05, 4.69) is 25.3 Å². The lowest BCUT2D eigenvalue weighted by molar-refractivity contribution is -0.138. The number of benzene rings is 1. The van der Waals surface area contributed by atoms with Gasteiger partial charge in [0.1, 0.15) is 18.2 Å². The van der Waals surface area contributed by atoms with Crippen molar-refractivity contribution in [1.29, 1.82) is 0 Å². The number of cyclic esters (lactones) is 1. The maximum absolute atomic E-state index is 13.5. The molecule has 1 atom stereocenters. The highest BCUT2D eigenvalue weighted by Gasteiger charge is 2.47. The summed E-state index contributed by atoms with van der Waals surface area (Å²) in [6, 6.07) is 3.35. The molecule has 2 N–H and O–H groups in total. The van der Waals surface area contributed by atoms with Crippen LogP contribution in [0.25, 0.3) is 10.9 Å². The smallest absolute Gasteiger partial charge is 0.419 e. The lowest BCUT2D eigenvalue weighted by Crippen LogP contribution is -2.35. The molecule has 0 bridgehead atoms. The summed E-state index contributed by atoms with van der Waals surface area (Å²) < 4.78 is 50.6. The topological polar surface area (TPSA) is 122 Å². The Labute approximate surface area is 205 Å². The van der Waals surface area contributed by atoms with Crippen LogP contribution in [-0.4, -0.2) is 45.8 Å². The Hall–Kier alpha value is -3.90. The number of aryl methyl sites for hydroxylation is 1. The number of aromatic amines is 1. The molecule has 1 aromatic carbocycles. The van der Waals surface area contributed by atoms with Crippen molar-refractivity contribution in [2.75, 3.05) is 23.9 Å². The first-order chi connectivity index (χ1) is 17.0. The van der Waals surface area contributed by atoms with Crippen molar-refractivity contribution in [3.63, 3.8) is 0 Å². The van der Waals surface area contributed by atoms with E-state index in [-0.39, 0.29) is 49.6 Å². The molecular formula is C23H27F3N6O4. The Morgan fingerprint density at radius 1 is 1.25 bits per heavy atom. The van der Waals surface area contributed by atoms with Crippen LogP contribution in [-0.2, 0) is 16.5 Å². The molecule has 2 aliphatic rings. The Bertz CT molecular complexity index is 1430. The molecular weight excluding hydrogens is 481 g/mol. The van der Waals surface area contributed by atoms with E-state index in [0.717, 1.165) is 19.2 Å². The van der Waals surface area contributed by atoms with E-state index in [1.165, 1.54) is 11.0 Å². The minimum Gasteiger partial charge on any atom is -0.496 e. The number of fused-ring (bicyclic) bond motifs is 1. The van der Waals surface area contributed by atoms with Crippen LogP contribution in [0, 0.1) is 6.92 Å². The maximum Gasteiger partial charge on any atom is 0.419 e. The monoisotopic (exact) mass is 508 g/mol. The summed E-state index contributed by atoms with van der Waals surface area (Å²) in [6.07, 6.45) is -3.47. The molecule has 0 spiro atoms. The van der Waals surface area contributed by atoms with Crippen LogP contribution < -0.4 is 20.5 Å².